The topological polar surface area (TPSA) is 70.8 Å². The first-order chi connectivity index (χ1) is 10.2. The van der Waals surface area contributed by atoms with Gasteiger partial charge in [-0.3, -0.25) is 15.5 Å². The van der Waals surface area contributed by atoms with Gasteiger partial charge >= 0.3 is 0 Å². The minimum Gasteiger partial charge on any atom is -0.326 e. The van der Waals surface area contributed by atoms with E-state index in [4.69, 9.17) is 0 Å². The second kappa shape index (κ2) is 5.55. The smallest absolute Gasteiger partial charge is 0.269 e. The zero-order valence-corrected chi connectivity index (χ0v) is 12.0. The molecule has 110 valence electrons. The van der Waals surface area contributed by atoms with Gasteiger partial charge in [0.2, 0.25) is 0 Å². The molecule has 3 rings (SSSR count). The number of amidine groups is 1. The molecule has 1 N–H and O–H groups in total. The maximum absolute atomic E-state index is 10.8. The number of nitrogens with zero attached hydrogens (tertiary/aromatic N) is 3. The van der Waals surface area contributed by atoms with Crippen LogP contribution in [0.5, 0.6) is 0 Å². The molecule has 0 aromatic heterocycles. The predicted molar refractivity (Wildman–Crippen MR) is 81.4 cm³/mol. The van der Waals surface area contributed by atoms with Crippen molar-refractivity contribution in [3.8, 4) is 0 Å². The number of hydrazone groups is 1. The average Bonchev–Trinajstić information content (AvgIpc) is 2.72. The van der Waals surface area contributed by atoms with Crippen LogP contribution in [0.1, 0.15) is 38.2 Å². The van der Waals surface area contributed by atoms with Crippen molar-refractivity contribution in [2.75, 3.05) is 6.54 Å². The first kappa shape index (κ1) is 13.6. The van der Waals surface area contributed by atoms with Crippen molar-refractivity contribution >= 4 is 17.2 Å². The van der Waals surface area contributed by atoms with Crippen molar-refractivity contribution in [1.29, 1.82) is 0 Å². The molecule has 2 aliphatic rings. The standard InChI is InChI=1S/C15H18N4O2/c1-11-15(12-6-8-13(9-7-12)19(20)21)18-10-4-2-3-5-14(18)17-16-11/h6-9,16H,2-5,10H2,1H3. The summed E-state index contributed by atoms with van der Waals surface area (Å²) in [5.74, 6) is 1.06. The molecule has 0 atom stereocenters. The normalized spacial score (nSPS) is 18.5. The average molecular weight is 286 g/mol. The van der Waals surface area contributed by atoms with Gasteiger partial charge in [0.25, 0.3) is 5.69 Å². The highest BCUT2D eigenvalue weighted by Crippen LogP contribution is 2.30. The molecule has 0 radical (unpaired) electrons. The molecule has 1 aromatic carbocycles. The van der Waals surface area contributed by atoms with Crippen molar-refractivity contribution in [2.24, 2.45) is 5.10 Å². The van der Waals surface area contributed by atoms with E-state index in [0.717, 1.165) is 48.6 Å². The lowest BCUT2D eigenvalue weighted by atomic mass is 10.1. The van der Waals surface area contributed by atoms with Gasteiger partial charge in [-0.2, -0.15) is 5.10 Å². The van der Waals surface area contributed by atoms with Gasteiger partial charge in [0.1, 0.15) is 5.84 Å². The Morgan fingerprint density at radius 1 is 1.24 bits per heavy atom. The van der Waals surface area contributed by atoms with Crippen LogP contribution in [-0.2, 0) is 0 Å². The lowest BCUT2D eigenvalue weighted by Gasteiger charge is -2.32. The van der Waals surface area contributed by atoms with Crippen LogP contribution in [0.2, 0.25) is 0 Å². The first-order valence-electron chi connectivity index (χ1n) is 7.22. The fourth-order valence-corrected chi connectivity index (χ4v) is 2.87. The zero-order chi connectivity index (χ0) is 14.8. The van der Waals surface area contributed by atoms with Crippen LogP contribution in [0.15, 0.2) is 35.1 Å². The summed E-state index contributed by atoms with van der Waals surface area (Å²) in [4.78, 5) is 12.7. The molecule has 0 spiro atoms. The molecule has 0 bridgehead atoms. The van der Waals surface area contributed by atoms with Gasteiger partial charge in [-0.15, -0.1) is 0 Å². The Bertz CT molecular complexity index is 619. The Morgan fingerprint density at radius 3 is 2.71 bits per heavy atom. The van der Waals surface area contributed by atoms with Crippen LogP contribution < -0.4 is 5.43 Å². The quantitative estimate of drug-likeness (QED) is 0.670. The summed E-state index contributed by atoms with van der Waals surface area (Å²) in [6.07, 6.45) is 4.48. The van der Waals surface area contributed by atoms with Gasteiger partial charge in [0.05, 0.1) is 16.3 Å². The third kappa shape index (κ3) is 2.61. The van der Waals surface area contributed by atoms with Gasteiger partial charge in [-0.25, -0.2) is 0 Å². The lowest BCUT2D eigenvalue weighted by molar-refractivity contribution is -0.384. The number of fused-ring (bicyclic) bond motifs is 1. The molecule has 6 heteroatoms. The van der Waals surface area contributed by atoms with E-state index in [9.17, 15) is 10.1 Å². The van der Waals surface area contributed by atoms with Gasteiger partial charge in [-0.05, 0) is 31.9 Å². The predicted octanol–water partition coefficient (Wildman–Crippen LogP) is 3.08. The molecule has 21 heavy (non-hydrogen) atoms. The summed E-state index contributed by atoms with van der Waals surface area (Å²) in [7, 11) is 0. The molecule has 0 aliphatic carbocycles. The molecule has 1 fully saturated rings. The van der Waals surface area contributed by atoms with Gasteiger partial charge in [0.15, 0.2) is 0 Å². The molecule has 1 aromatic rings. The molecule has 0 unspecified atom stereocenters. The number of rotatable bonds is 2. The number of nitro groups is 1. The van der Waals surface area contributed by atoms with E-state index in [1.165, 1.54) is 6.42 Å². The van der Waals surface area contributed by atoms with Crippen molar-refractivity contribution in [3.05, 3.63) is 45.6 Å². The number of benzene rings is 1. The monoisotopic (exact) mass is 286 g/mol. The lowest BCUT2D eigenvalue weighted by Crippen LogP contribution is -2.36. The van der Waals surface area contributed by atoms with E-state index < -0.39 is 0 Å². The van der Waals surface area contributed by atoms with Crippen LogP contribution in [0, 0.1) is 10.1 Å². The number of nitro benzene ring substituents is 1. The zero-order valence-electron chi connectivity index (χ0n) is 12.0. The highest BCUT2D eigenvalue weighted by atomic mass is 16.6. The van der Waals surface area contributed by atoms with E-state index in [2.05, 4.69) is 15.4 Å². The molecule has 0 amide bonds. The minimum absolute atomic E-state index is 0.116. The van der Waals surface area contributed by atoms with Crippen molar-refractivity contribution in [2.45, 2.75) is 32.6 Å². The van der Waals surface area contributed by atoms with Crippen LogP contribution in [0.25, 0.3) is 5.70 Å². The second-order valence-corrected chi connectivity index (χ2v) is 5.38. The van der Waals surface area contributed by atoms with E-state index in [1.807, 2.05) is 19.1 Å². The number of nitrogens with one attached hydrogen (secondary N) is 1. The van der Waals surface area contributed by atoms with Crippen molar-refractivity contribution in [3.63, 3.8) is 0 Å². The van der Waals surface area contributed by atoms with E-state index in [0.29, 0.717) is 0 Å². The highest BCUT2D eigenvalue weighted by Gasteiger charge is 2.25. The fraction of sp³-hybridized carbons (Fsp3) is 0.400. The Morgan fingerprint density at radius 2 is 2.00 bits per heavy atom. The Kier molecular flexibility index (Phi) is 3.60. The molecule has 0 saturated carbocycles. The van der Waals surface area contributed by atoms with Gasteiger partial charge in [0, 0.05) is 30.7 Å². The summed E-state index contributed by atoms with van der Waals surface area (Å²) >= 11 is 0. The first-order valence-corrected chi connectivity index (χ1v) is 7.22. The number of non-ortho nitro benzene ring substituents is 1. The highest BCUT2D eigenvalue weighted by molar-refractivity contribution is 5.93. The van der Waals surface area contributed by atoms with E-state index in [1.54, 1.807) is 12.1 Å². The third-order valence-electron chi connectivity index (χ3n) is 3.92. The summed E-state index contributed by atoms with van der Waals surface area (Å²) < 4.78 is 0. The van der Waals surface area contributed by atoms with Crippen molar-refractivity contribution < 1.29 is 4.92 Å². The molecule has 2 heterocycles. The van der Waals surface area contributed by atoms with E-state index >= 15 is 0 Å². The third-order valence-corrected chi connectivity index (χ3v) is 3.92. The fourth-order valence-electron chi connectivity index (χ4n) is 2.87. The number of hydrogen-bond acceptors (Lipinski definition) is 5. The Balaban J connectivity index is 1.96. The largest absolute Gasteiger partial charge is 0.326 e. The van der Waals surface area contributed by atoms with Gasteiger partial charge in [-0.1, -0.05) is 6.42 Å². The number of allylic oxidation sites excluding steroid dienone is 1. The summed E-state index contributed by atoms with van der Waals surface area (Å²) in [5, 5.41) is 15.2. The molecular weight excluding hydrogens is 268 g/mol. The maximum Gasteiger partial charge on any atom is 0.269 e. The van der Waals surface area contributed by atoms with Gasteiger partial charge < -0.3 is 4.90 Å². The molecular formula is C15H18N4O2. The van der Waals surface area contributed by atoms with Crippen LogP contribution in [0.3, 0.4) is 0 Å². The van der Waals surface area contributed by atoms with Crippen LogP contribution in [-0.4, -0.2) is 22.2 Å². The summed E-state index contributed by atoms with van der Waals surface area (Å²) in [6.45, 7) is 2.94. The van der Waals surface area contributed by atoms with Crippen molar-refractivity contribution in [1.82, 2.24) is 10.3 Å². The summed E-state index contributed by atoms with van der Waals surface area (Å²) in [5.41, 5.74) is 6.25. The summed E-state index contributed by atoms with van der Waals surface area (Å²) in [6, 6.07) is 6.73. The SMILES string of the molecule is CC1=C(c2ccc([N+](=O)[O-])cc2)N2CCCCCC2=NN1. The molecule has 2 aliphatic heterocycles. The molecule has 6 nitrogen and oxygen atoms in total. The van der Waals surface area contributed by atoms with Crippen LogP contribution >= 0.6 is 0 Å². The maximum atomic E-state index is 10.8. The second-order valence-electron chi connectivity index (χ2n) is 5.38. The van der Waals surface area contributed by atoms with Crippen LogP contribution in [0.4, 0.5) is 5.69 Å². The minimum atomic E-state index is -0.372. The van der Waals surface area contributed by atoms with E-state index in [-0.39, 0.29) is 10.6 Å². The number of hydrogen-bond donors (Lipinski definition) is 1. The molecule has 1 saturated heterocycles. The Hall–Kier alpha value is -2.37. The Labute approximate surface area is 123 Å².